The van der Waals surface area contributed by atoms with Crippen molar-refractivity contribution in [2.45, 2.75) is 205 Å². The maximum Gasteiger partial charge on any atom is 0.159 e. The molecule has 16 unspecified atom stereocenters. The van der Waals surface area contributed by atoms with Crippen molar-refractivity contribution in [3.05, 3.63) is 71.1 Å². The number of hydrogen-bond donors (Lipinski definition) is 6. The predicted molar refractivity (Wildman–Crippen MR) is 265 cm³/mol. The Morgan fingerprint density at radius 2 is 1.66 bits per heavy atom. The third-order valence-electron chi connectivity index (χ3n) is 23.2. The van der Waals surface area contributed by atoms with E-state index in [1.165, 1.54) is 56.9 Å². The number of rotatable bonds is 11. The number of carbonyl (C=O) groups is 1. The van der Waals surface area contributed by atoms with Crippen molar-refractivity contribution in [1.82, 2.24) is 5.32 Å². The van der Waals surface area contributed by atoms with Crippen LogP contribution in [-0.2, 0) is 20.7 Å². The number of epoxide rings is 1. The summed E-state index contributed by atoms with van der Waals surface area (Å²) < 4.78 is 14.2. The molecule has 7 aliphatic carbocycles. The van der Waals surface area contributed by atoms with Crippen LogP contribution in [0.4, 0.5) is 0 Å². The number of aliphatic hydroxyl groups excluding tert-OH is 2. The van der Waals surface area contributed by atoms with Crippen molar-refractivity contribution in [2.75, 3.05) is 19.8 Å². The number of fused-ring (bicyclic) bond motifs is 6. The summed E-state index contributed by atoms with van der Waals surface area (Å²) in [5.41, 5.74) is 4.83. The third kappa shape index (κ3) is 7.05. The minimum absolute atomic E-state index is 0.0218. The summed E-state index contributed by atoms with van der Waals surface area (Å²) in [7, 11) is 0. The molecule has 10 aliphatic rings. The normalized spacial score (nSPS) is 46.5. The van der Waals surface area contributed by atoms with Gasteiger partial charge in [-0.25, -0.2) is 0 Å². The van der Waals surface area contributed by atoms with Crippen molar-refractivity contribution in [3.63, 3.8) is 0 Å². The van der Waals surface area contributed by atoms with Crippen LogP contribution in [0.15, 0.2) is 65.5 Å². The van der Waals surface area contributed by atoms with Crippen molar-refractivity contribution in [2.24, 2.45) is 67.8 Å². The average molecular weight is 935 g/mol. The quantitative estimate of drug-likeness (QED) is 0.119. The predicted octanol–water partition coefficient (Wildman–Crippen LogP) is 9.40. The van der Waals surface area contributed by atoms with Crippen LogP contribution in [0.5, 0.6) is 0 Å². The Hall–Kier alpha value is -2.53. The topological polar surface area (TPSA) is 158 Å². The van der Waals surface area contributed by atoms with Crippen LogP contribution in [0.2, 0.25) is 0 Å². The van der Waals surface area contributed by atoms with E-state index in [1.807, 2.05) is 26.0 Å². The Morgan fingerprint density at radius 1 is 0.912 bits per heavy atom. The fourth-order valence-corrected chi connectivity index (χ4v) is 19.3. The Morgan fingerprint density at radius 3 is 2.40 bits per heavy atom. The van der Waals surface area contributed by atoms with Crippen LogP contribution in [0.3, 0.4) is 0 Å². The minimum Gasteiger partial charge on any atom is -0.396 e. The van der Waals surface area contributed by atoms with Gasteiger partial charge in [-0.2, -0.15) is 0 Å². The zero-order valence-corrected chi connectivity index (χ0v) is 42.3. The SMILES string of the molecule is CC1CCOC(C2OC2C(C)(O)C(C)(CO)CCC2=CCNC(N)=C2)(C2CCC3(O)C4=CC(=O)C5CC(O)CC6(CCC7(CCC8(CCCC8)C7)C6)C5(C)C4C(CCc4ccccc4)CC23C)C1. The zero-order valence-electron chi connectivity index (χ0n) is 42.3. The van der Waals surface area contributed by atoms with Crippen molar-refractivity contribution in [3.8, 4) is 0 Å². The highest BCUT2D eigenvalue weighted by Gasteiger charge is 2.78. The first-order valence-corrected chi connectivity index (χ1v) is 27.5. The highest BCUT2D eigenvalue weighted by molar-refractivity contribution is 5.95. The van der Waals surface area contributed by atoms with Crippen LogP contribution >= 0.6 is 0 Å². The molecule has 6 saturated carbocycles. The lowest BCUT2D eigenvalue weighted by molar-refractivity contribution is -0.212. The highest BCUT2D eigenvalue weighted by Crippen LogP contribution is 2.79. The summed E-state index contributed by atoms with van der Waals surface area (Å²) in [4.78, 5) is 15.3. The number of dihydropyridines is 1. The average Bonchev–Trinajstić information content (AvgIpc) is 3.54. The van der Waals surface area contributed by atoms with Gasteiger partial charge in [0.05, 0.1) is 29.7 Å². The van der Waals surface area contributed by atoms with Crippen molar-refractivity contribution in [1.29, 1.82) is 0 Å². The molecule has 1 aromatic carbocycles. The number of allylic oxidation sites excluding steroid dienone is 3. The van der Waals surface area contributed by atoms with E-state index in [4.69, 9.17) is 15.2 Å². The summed E-state index contributed by atoms with van der Waals surface area (Å²) in [6.45, 7) is 12.0. The van der Waals surface area contributed by atoms with E-state index in [0.717, 1.165) is 68.9 Å². The van der Waals surface area contributed by atoms with E-state index < -0.39 is 51.4 Å². The highest BCUT2D eigenvalue weighted by atomic mass is 16.6. The zero-order chi connectivity index (χ0) is 47.8. The van der Waals surface area contributed by atoms with Gasteiger partial charge in [0, 0.05) is 29.9 Å². The summed E-state index contributed by atoms with van der Waals surface area (Å²) >= 11 is 0. The summed E-state index contributed by atoms with van der Waals surface area (Å²) in [5, 5.41) is 53.1. The molecule has 0 radical (unpaired) electrons. The molecule has 16 atom stereocenters. The number of carbonyl (C=O) groups excluding carboxylic acids is 1. The molecule has 1 aromatic rings. The van der Waals surface area contributed by atoms with Gasteiger partial charge in [0.15, 0.2) is 5.78 Å². The van der Waals surface area contributed by atoms with E-state index in [2.05, 4.69) is 62.5 Å². The second-order valence-corrected chi connectivity index (χ2v) is 26.6. The van der Waals surface area contributed by atoms with E-state index in [1.54, 1.807) is 0 Å². The number of ketones is 1. The summed E-state index contributed by atoms with van der Waals surface area (Å²) in [6, 6.07) is 10.9. The van der Waals surface area contributed by atoms with Gasteiger partial charge >= 0.3 is 0 Å². The lowest BCUT2D eigenvalue weighted by Crippen LogP contribution is -2.68. The number of ether oxygens (including phenoxy) is 2. The molecule has 9 heteroatoms. The largest absolute Gasteiger partial charge is 0.396 e. The van der Waals surface area contributed by atoms with E-state index in [0.29, 0.717) is 56.0 Å². The smallest absolute Gasteiger partial charge is 0.159 e. The molecular formula is C59H86N2O7. The summed E-state index contributed by atoms with van der Waals surface area (Å²) in [6.07, 6.45) is 25.5. The van der Waals surface area contributed by atoms with Gasteiger partial charge in [-0.05, 0) is 203 Å². The van der Waals surface area contributed by atoms with Crippen LogP contribution < -0.4 is 11.1 Å². The molecule has 7 N–H and O–H groups in total. The molecule has 11 rings (SSSR count). The number of aryl methyl sites for hydroxylation is 1. The number of hydrogen-bond acceptors (Lipinski definition) is 9. The number of nitrogens with one attached hydrogen (secondary N) is 1. The van der Waals surface area contributed by atoms with Crippen molar-refractivity contribution < 1.29 is 34.7 Å². The first-order valence-electron chi connectivity index (χ1n) is 27.5. The Kier molecular flexibility index (Phi) is 11.6. The molecule has 0 amide bonds. The van der Waals surface area contributed by atoms with Crippen LogP contribution in [0.1, 0.15) is 169 Å². The second-order valence-electron chi connectivity index (χ2n) is 26.6. The van der Waals surface area contributed by atoms with Gasteiger partial charge in [0.25, 0.3) is 0 Å². The van der Waals surface area contributed by atoms with Crippen LogP contribution in [0.25, 0.3) is 0 Å². The first-order chi connectivity index (χ1) is 32.3. The van der Waals surface area contributed by atoms with Gasteiger partial charge < -0.3 is 41.0 Å². The standard InChI is InChI=1S/C59H86N2O7/c1-38-18-28-67-58(32-38,50-49(68-50)54(5,65)51(2,37-62)21-15-40-17-27-61-47(60)29-40)46-16-22-59(66)44-31-45(64)43-30-42(63)34-57(26-25-56(36-57)24-23-55(35-56)19-9-10-20-55)53(43,4)48(44)41(33-52(46,59)3)14-13-39-11-7-6-8-12-39/h6-8,11-12,17,29,31,38,41-43,46,48-50,61-63,65-66H,9-10,13-16,18-28,30,32-37,60H2,1-5H3. The molecule has 3 aliphatic heterocycles. The molecule has 374 valence electrons. The molecule has 0 aromatic heterocycles. The molecule has 3 heterocycles. The van der Waals surface area contributed by atoms with Crippen LogP contribution in [-0.4, -0.2) is 81.1 Å². The lowest BCUT2D eigenvalue weighted by atomic mass is 9.37. The van der Waals surface area contributed by atoms with E-state index in [9.17, 15) is 20.4 Å². The van der Waals surface area contributed by atoms with Gasteiger partial charge in [0.2, 0.25) is 0 Å². The summed E-state index contributed by atoms with van der Waals surface area (Å²) in [5.74, 6) is 0.966. The van der Waals surface area contributed by atoms with Crippen LogP contribution in [0, 0.1) is 62.1 Å². The molecule has 3 spiro atoms. The maximum atomic E-state index is 15.3. The Balaban J connectivity index is 0.967. The third-order valence-corrected chi connectivity index (χ3v) is 23.2. The number of aliphatic hydroxyl groups is 4. The van der Waals surface area contributed by atoms with Gasteiger partial charge in [-0.15, -0.1) is 0 Å². The fourth-order valence-electron chi connectivity index (χ4n) is 19.3. The number of nitrogens with two attached hydrogens (primary N) is 1. The first kappa shape index (κ1) is 47.8. The molecule has 8 fully saturated rings. The Labute approximate surface area is 407 Å². The second kappa shape index (κ2) is 16.5. The molecule has 9 nitrogen and oxygen atoms in total. The van der Waals surface area contributed by atoms with Gasteiger partial charge in [-0.3, -0.25) is 4.79 Å². The van der Waals surface area contributed by atoms with Crippen molar-refractivity contribution >= 4 is 5.78 Å². The molecule has 0 bridgehead atoms. The van der Waals surface area contributed by atoms with Gasteiger partial charge in [0.1, 0.15) is 17.8 Å². The number of benzene rings is 1. The maximum absolute atomic E-state index is 15.3. The minimum atomic E-state index is -1.38. The van der Waals surface area contributed by atoms with E-state index in [-0.39, 0.29) is 46.9 Å². The monoisotopic (exact) mass is 935 g/mol. The lowest BCUT2D eigenvalue weighted by Gasteiger charge is -2.68. The van der Waals surface area contributed by atoms with E-state index >= 15 is 4.79 Å². The molecule has 68 heavy (non-hydrogen) atoms. The Bertz CT molecular complexity index is 2220. The fraction of sp³-hybridized carbons (Fsp3) is 0.780. The molecular weight excluding hydrogens is 849 g/mol. The molecule has 2 saturated heterocycles. The van der Waals surface area contributed by atoms with Gasteiger partial charge in [-0.1, -0.05) is 76.9 Å².